The maximum Gasteiger partial charge on any atom is 0.162 e. The third kappa shape index (κ3) is 20.7. The highest BCUT2D eigenvalue weighted by Gasteiger charge is 2.10. The normalized spacial score (nSPS) is 11.3. The molecule has 0 saturated heterocycles. The van der Waals surface area contributed by atoms with Gasteiger partial charge in [-0.05, 0) is 56.8 Å². The molecule has 0 heterocycles. The van der Waals surface area contributed by atoms with E-state index in [4.69, 9.17) is 9.47 Å². The molecule has 0 atom stereocenters. The van der Waals surface area contributed by atoms with E-state index >= 15 is 0 Å². The molecule has 1 rings (SSSR count). The van der Waals surface area contributed by atoms with Crippen molar-refractivity contribution in [3.05, 3.63) is 21.1 Å². The molecule has 38 heavy (non-hydrogen) atoms. The summed E-state index contributed by atoms with van der Waals surface area (Å²) >= 11 is 7.25. The Kier molecular flexibility index (Phi) is 25.4. The molecule has 0 unspecified atom stereocenters. The second-order valence-electron chi connectivity index (χ2n) is 11.2. The summed E-state index contributed by atoms with van der Waals surface area (Å²) < 4.78 is 14.3. The fraction of sp³-hybridized carbons (Fsp3) is 0.824. The Balaban J connectivity index is 2.08. The maximum absolute atomic E-state index is 6.15. The first kappa shape index (κ1) is 35.8. The zero-order chi connectivity index (χ0) is 27.5. The maximum atomic E-state index is 6.15. The van der Waals surface area contributed by atoms with Gasteiger partial charge >= 0.3 is 0 Å². The third-order valence-corrected chi connectivity index (χ3v) is 9.34. The molecule has 222 valence electrons. The van der Waals surface area contributed by atoms with Crippen LogP contribution in [0.15, 0.2) is 21.1 Å². The molecule has 0 aromatic heterocycles. The number of halogens is 2. The van der Waals surface area contributed by atoms with Crippen LogP contribution in [0, 0.1) is 0 Å². The van der Waals surface area contributed by atoms with Crippen molar-refractivity contribution in [2.45, 2.75) is 168 Å². The van der Waals surface area contributed by atoms with Crippen LogP contribution in [-0.4, -0.2) is 13.2 Å². The molecule has 0 bridgehead atoms. The fourth-order valence-electron chi connectivity index (χ4n) is 4.99. The van der Waals surface area contributed by atoms with Crippen LogP contribution in [-0.2, 0) is 0 Å². The second-order valence-corrected chi connectivity index (χ2v) is 12.9. The minimum Gasteiger partial charge on any atom is -0.490 e. The average Bonchev–Trinajstić information content (AvgIpc) is 2.91. The van der Waals surface area contributed by atoms with Gasteiger partial charge in [-0.15, -0.1) is 0 Å². The van der Waals surface area contributed by atoms with Crippen LogP contribution in [0.4, 0.5) is 0 Å². The van der Waals surface area contributed by atoms with Crippen molar-refractivity contribution < 1.29 is 9.47 Å². The summed E-state index contributed by atoms with van der Waals surface area (Å²) in [5.74, 6) is 1.73. The van der Waals surface area contributed by atoms with E-state index in [2.05, 4.69) is 45.7 Å². The van der Waals surface area contributed by atoms with Gasteiger partial charge in [0.05, 0.1) is 13.2 Å². The molecule has 0 aliphatic rings. The van der Waals surface area contributed by atoms with Crippen molar-refractivity contribution in [2.75, 3.05) is 13.2 Å². The number of ether oxygens (including phenoxy) is 2. The van der Waals surface area contributed by atoms with Gasteiger partial charge in [-0.2, -0.15) is 0 Å². The Morgan fingerprint density at radius 3 is 0.895 bits per heavy atom. The summed E-state index contributed by atoms with van der Waals surface area (Å²) in [7, 11) is 0. The van der Waals surface area contributed by atoms with E-state index in [0.717, 1.165) is 46.5 Å². The second kappa shape index (κ2) is 27.0. The first-order valence-electron chi connectivity index (χ1n) is 16.4. The Hall–Kier alpha value is -0.220. The zero-order valence-corrected chi connectivity index (χ0v) is 28.3. The molecule has 0 aliphatic heterocycles. The van der Waals surface area contributed by atoms with Crippen molar-refractivity contribution >= 4 is 31.9 Å². The minimum absolute atomic E-state index is 0.764. The molecule has 1 aromatic carbocycles. The first-order valence-corrected chi connectivity index (χ1v) is 18.0. The largest absolute Gasteiger partial charge is 0.490 e. The van der Waals surface area contributed by atoms with Gasteiger partial charge in [0.25, 0.3) is 0 Å². The van der Waals surface area contributed by atoms with Crippen molar-refractivity contribution in [3.8, 4) is 11.5 Å². The first-order chi connectivity index (χ1) is 18.7. The zero-order valence-electron chi connectivity index (χ0n) is 25.1. The van der Waals surface area contributed by atoms with Gasteiger partial charge in [0, 0.05) is 8.95 Å². The van der Waals surface area contributed by atoms with Gasteiger partial charge in [0.15, 0.2) is 11.5 Å². The quantitative estimate of drug-likeness (QED) is 0.0833. The predicted molar refractivity (Wildman–Crippen MR) is 175 cm³/mol. The molecule has 2 nitrogen and oxygen atoms in total. The van der Waals surface area contributed by atoms with E-state index in [-0.39, 0.29) is 0 Å². The van der Waals surface area contributed by atoms with Crippen LogP contribution in [0.1, 0.15) is 168 Å². The van der Waals surface area contributed by atoms with Gasteiger partial charge in [-0.1, -0.05) is 155 Å². The van der Waals surface area contributed by atoms with Crippen molar-refractivity contribution in [3.63, 3.8) is 0 Å². The molecular formula is C34H60Br2O2. The lowest BCUT2D eigenvalue weighted by molar-refractivity contribution is 0.258. The molecule has 0 aliphatic carbocycles. The van der Waals surface area contributed by atoms with Crippen LogP contribution >= 0.6 is 31.9 Å². The van der Waals surface area contributed by atoms with Gasteiger partial charge in [0.2, 0.25) is 0 Å². The summed E-state index contributed by atoms with van der Waals surface area (Å²) in [6.45, 7) is 6.11. The van der Waals surface area contributed by atoms with Gasteiger partial charge < -0.3 is 9.47 Å². The summed E-state index contributed by atoms with van der Waals surface area (Å²) in [5, 5.41) is 0. The molecule has 0 amide bonds. The molecular weight excluding hydrogens is 600 g/mol. The smallest absolute Gasteiger partial charge is 0.162 e. The highest BCUT2D eigenvalue weighted by molar-refractivity contribution is 9.13. The molecule has 0 N–H and O–H groups in total. The predicted octanol–water partition coefficient (Wildman–Crippen LogP) is 13.4. The number of unbranched alkanes of at least 4 members (excludes halogenated alkanes) is 22. The van der Waals surface area contributed by atoms with E-state index in [1.807, 2.05) is 12.1 Å². The lowest BCUT2D eigenvalue weighted by atomic mass is 10.1. The van der Waals surface area contributed by atoms with Crippen LogP contribution < -0.4 is 9.47 Å². The van der Waals surface area contributed by atoms with E-state index in [0.29, 0.717) is 0 Å². The Morgan fingerprint density at radius 1 is 0.395 bits per heavy atom. The van der Waals surface area contributed by atoms with Gasteiger partial charge in [-0.25, -0.2) is 0 Å². The van der Waals surface area contributed by atoms with E-state index in [1.54, 1.807) is 0 Å². The number of benzene rings is 1. The lowest BCUT2D eigenvalue weighted by Gasteiger charge is -2.14. The Bertz CT molecular complexity index is 595. The number of rotatable bonds is 28. The summed E-state index contributed by atoms with van der Waals surface area (Å²) in [4.78, 5) is 0. The number of hydrogen-bond acceptors (Lipinski definition) is 2. The van der Waals surface area contributed by atoms with E-state index in [9.17, 15) is 0 Å². The van der Waals surface area contributed by atoms with Crippen LogP contribution in [0.3, 0.4) is 0 Å². The standard InChI is InChI=1S/C34H60Br2O2/c1-3-5-7-9-11-13-15-17-19-21-23-25-27-37-33-29-31(35)32(36)30-34(33)38-28-26-24-22-20-18-16-14-12-10-8-6-4-2/h29-30H,3-28H2,1-2H3. The summed E-state index contributed by atoms with van der Waals surface area (Å²) in [6.07, 6.45) is 32.7. The molecule has 4 heteroatoms. The third-order valence-electron chi connectivity index (χ3n) is 7.50. The highest BCUT2D eigenvalue weighted by Crippen LogP contribution is 2.36. The van der Waals surface area contributed by atoms with Crippen LogP contribution in [0.5, 0.6) is 11.5 Å². The van der Waals surface area contributed by atoms with Gasteiger partial charge in [0.1, 0.15) is 0 Å². The van der Waals surface area contributed by atoms with Crippen molar-refractivity contribution in [2.24, 2.45) is 0 Å². The number of hydrogen-bond donors (Lipinski definition) is 0. The highest BCUT2D eigenvalue weighted by atomic mass is 79.9. The fourth-order valence-corrected chi connectivity index (χ4v) is 5.63. The van der Waals surface area contributed by atoms with Crippen LogP contribution in [0.2, 0.25) is 0 Å². The minimum atomic E-state index is 0.764. The summed E-state index contributed by atoms with van der Waals surface area (Å²) in [5.41, 5.74) is 0. The molecule has 0 spiro atoms. The van der Waals surface area contributed by atoms with E-state index in [1.165, 1.54) is 141 Å². The van der Waals surface area contributed by atoms with Gasteiger partial charge in [-0.3, -0.25) is 0 Å². The molecule has 0 saturated carbocycles. The SMILES string of the molecule is CCCCCCCCCCCCCCOc1cc(Br)c(Br)cc1OCCCCCCCCCCCCCC. The lowest BCUT2D eigenvalue weighted by Crippen LogP contribution is -2.03. The molecule has 1 aromatic rings. The molecule has 0 fully saturated rings. The summed E-state index contributed by atoms with van der Waals surface area (Å²) in [6, 6.07) is 4.09. The topological polar surface area (TPSA) is 18.5 Å². The Morgan fingerprint density at radius 2 is 0.632 bits per heavy atom. The van der Waals surface area contributed by atoms with Crippen molar-refractivity contribution in [1.29, 1.82) is 0 Å². The van der Waals surface area contributed by atoms with E-state index < -0.39 is 0 Å². The van der Waals surface area contributed by atoms with Crippen molar-refractivity contribution in [1.82, 2.24) is 0 Å². The Labute approximate surface area is 254 Å². The van der Waals surface area contributed by atoms with Crippen LogP contribution in [0.25, 0.3) is 0 Å². The average molecular weight is 661 g/mol. The monoisotopic (exact) mass is 658 g/mol. The molecule has 0 radical (unpaired) electrons.